The molecule has 4 rings (SSSR count). The van der Waals surface area contributed by atoms with Crippen molar-refractivity contribution >= 4 is 23.5 Å². The van der Waals surface area contributed by atoms with Gasteiger partial charge in [-0.1, -0.05) is 55.3 Å². The van der Waals surface area contributed by atoms with E-state index in [4.69, 9.17) is 4.74 Å². The molecule has 156 valence electrons. The summed E-state index contributed by atoms with van der Waals surface area (Å²) in [5, 5.41) is 2.74. The van der Waals surface area contributed by atoms with E-state index in [0.29, 0.717) is 12.2 Å². The molecular weight excluding hydrogens is 380 g/mol. The molecule has 1 saturated carbocycles. The lowest BCUT2D eigenvalue weighted by molar-refractivity contribution is -0.151. The molecule has 1 N–H and O–H groups in total. The maximum absolute atomic E-state index is 12.3. The smallest absolute Gasteiger partial charge is 0.311 e. The minimum atomic E-state index is -0.476. The molecule has 2 amide bonds. The molecule has 1 atom stereocenters. The molecule has 0 spiro atoms. The Morgan fingerprint density at radius 3 is 2.33 bits per heavy atom. The van der Waals surface area contributed by atoms with Gasteiger partial charge in [0.15, 0.2) is 6.61 Å². The van der Waals surface area contributed by atoms with Gasteiger partial charge in [0.05, 0.1) is 5.92 Å². The van der Waals surface area contributed by atoms with E-state index in [2.05, 4.69) is 5.32 Å². The highest BCUT2D eigenvalue weighted by molar-refractivity contribution is 5.94. The van der Waals surface area contributed by atoms with Gasteiger partial charge >= 0.3 is 5.97 Å². The van der Waals surface area contributed by atoms with Crippen molar-refractivity contribution in [3.63, 3.8) is 0 Å². The number of amides is 2. The fourth-order valence-corrected chi connectivity index (χ4v) is 4.29. The molecule has 2 aromatic carbocycles. The molecule has 30 heavy (non-hydrogen) atoms. The third-order valence-corrected chi connectivity index (χ3v) is 5.88. The quantitative estimate of drug-likeness (QED) is 0.744. The van der Waals surface area contributed by atoms with Crippen LogP contribution in [0.2, 0.25) is 0 Å². The van der Waals surface area contributed by atoms with Crippen molar-refractivity contribution in [1.29, 1.82) is 0 Å². The minimum absolute atomic E-state index is 0.0202. The Balaban J connectivity index is 1.24. The number of hydrogen-bond acceptors (Lipinski definition) is 4. The molecule has 0 bridgehead atoms. The van der Waals surface area contributed by atoms with Crippen molar-refractivity contribution in [2.75, 3.05) is 18.5 Å². The molecule has 1 heterocycles. The average molecular weight is 406 g/mol. The molecule has 1 saturated heterocycles. The average Bonchev–Trinajstić information content (AvgIpc) is 3.43. The van der Waals surface area contributed by atoms with Crippen LogP contribution >= 0.6 is 0 Å². The molecule has 1 aliphatic carbocycles. The van der Waals surface area contributed by atoms with Crippen molar-refractivity contribution in [2.45, 2.75) is 38.1 Å². The molecule has 1 aliphatic heterocycles. The largest absolute Gasteiger partial charge is 0.455 e. The topological polar surface area (TPSA) is 75.7 Å². The summed E-state index contributed by atoms with van der Waals surface area (Å²) in [7, 11) is 0. The van der Waals surface area contributed by atoms with Crippen LogP contribution in [0.3, 0.4) is 0 Å². The van der Waals surface area contributed by atoms with Crippen molar-refractivity contribution in [2.24, 2.45) is 5.92 Å². The monoisotopic (exact) mass is 406 g/mol. The Kier molecular flexibility index (Phi) is 6.12. The third kappa shape index (κ3) is 4.70. The molecular formula is C24H26N2O4. The molecule has 6 heteroatoms. The third-order valence-electron chi connectivity index (χ3n) is 5.88. The van der Waals surface area contributed by atoms with Crippen LogP contribution in [0.1, 0.15) is 32.1 Å². The van der Waals surface area contributed by atoms with Crippen LogP contribution in [0.4, 0.5) is 5.69 Å². The summed E-state index contributed by atoms with van der Waals surface area (Å²) in [6.45, 7) is 0.0539. The van der Waals surface area contributed by atoms with E-state index in [0.717, 1.165) is 36.8 Å². The normalized spacial score (nSPS) is 19.1. The van der Waals surface area contributed by atoms with Gasteiger partial charge in [-0.15, -0.1) is 0 Å². The second kappa shape index (κ2) is 9.11. The highest BCUT2D eigenvalue weighted by Crippen LogP contribution is 2.30. The predicted octanol–water partition coefficient (Wildman–Crippen LogP) is 3.63. The van der Waals surface area contributed by atoms with E-state index in [1.54, 1.807) is 0 Å². The lowest BCUT2D eigenvalue weighted by Gasteiger charge is -2.23. The summed E-state index contributed by atoms with van der Waals surface area (Å²) in [6, 6.07) is 17.7. The Bertz CT molecular complexity index is 905. The number of nitrogens with one attached hydrogen (secondary N) is 1. The van der Waals surface area contributed by atoms with Crippen LogP contribution in [-0.2, 0) is 19.1 Å². The zero-order chi connectivity index (χ0) is 20.9. The molecule has 0 aromatic heterocycles. The molecule has 2 aliphatic rings. The Hall–Kier alpha value is -3.15. The number of rotatable bonds is 6. The highest BCUT2D eigenvalue weighted by atomic mass is 16.5. The number of likely N-dealkylation sites (tertiary alicyclic amines) is 1. The van der Waals surface area contributed by atoms with E-state index in [-0.39, 0.29) is 25.0 Å². The van der Waals surface area contributed by atoms with E-state index in [9.17, 15) is 14.4 Å². The van der Waals surface area contributed by atoms with Gasteiger partial charge in [-0.25, -0.2) is 0 Å². The van der Waals surface area contributed by atoms with E-state index in [1.165, 1.54) is 0 Å². The van der Waals surface area contributed by atoms with Crippen LogP contribution in [0.15, 0.2) is 54.6 Å². The van der Waals surface area contributed by atoms with Gasteiger partial charge in [-0.3, -0.25) is 14.4 Å². The number of esters is 1. The lowest BCUT2D eigenvalue weighted by Crippen LogP contribution is -2.35. The first-order chi connectivity index (χ1) is 14.6. The SMILES string of the molecule is O=C(COC(=O)[C@@H]1CC(=O)N(C2CCCC2)C1)Nc1ccc(-c2ccccc2)cc1. The maximum Gasteiger partial charge on any atom is 0.311 e. The van der Waals surface area contributed by atoms with Crippen molar-refractivity contribution in [1.82, 2.24) is 4.90 Å². The van der Waals surface area contributed by atoms with Gasteiger partial charge in [-0.05, 0) is 36.1 Å². The Labute approximate surface area is 176 Å². The molecule has 2 fully saturated rings. The predicted molar refractivity (Wildman–Crippen MR) is 114 cm³/mol. The Morgan fingerprint density at radius 1 is 0.967 bits per heavy atom. The van der Waals surface area contributed by atoms with Crippen molar-refractivity contribution in [3.05, 3.63) is 54.6 Å². The zero-order valence-corrected chi connectivity index (χ0v) is 16.9. The zero-order valence-electron chi connectivity index (χ0n) is 16.9. The number of ether oxygens (including phenoxy) is 1. The van der Waals surface area contributed by atoms with E-state index >= 15 is 0 Å². The van der Waals surface area contributed by atoms with Gasteiger partial charge in [0.25, 0.3) is 5.91 Å². The number of nitrogens with zero attached hydrogens (tertiary/aromatic N) is 1. The van der Waals surface area contributed by atoms with E-state index < -0.39 is 17.8 Å². The van der Waals surface area contributed by atoms with Crippen molar-refractivity contribution < 1.29 is 19.1 Å². The lowest BCUT2D eigenvalue weighted by atomic mass is 10.1. The number of hydrogen-bond donors (Lipinski definition) is 1. The Morgan fingerprint density at radius 2 is 1.63 bits per heavy atom. The van der Waals surface area contributed by atoms with Crippen molar-refractivity contribution in [3.8, 4) is 11.1 Å². The van der Waals surface area contributed by atoms with E-state index in [1.807, 2.05) is 59.5 Å². The van der Waals surface area contributed by atoms with Crippen LogP contribution in [0.25, 0.3) is 11.1 Å². The second-order valence-electron chi connectivity index (χ2n) is 7.98. The first kappa shape index (κ1) is 20.1. The van der Waals surface area contributed by atoms with Gasteiger partial charge in [0.1, 0.15) is 0 Å². The van der Waals surface area contributed by atoms with Gasteiger partial charge < -0.3 is 15.0 Å². The molecule has 0 unspecified atom stereocenters. The number of carbonyl (C=O) groups excluding carboxylic acids is 3. The summed E-state index contributed by atoms with van der Waals surface area (Å²) in [6.07, 6.45) is 4.47. The minimum Gasteiger partial charge on any atom is -0.455 e. The second-order valence-corrected chi connectivity index (χ2v) is 7.98. The first-order valence-corrected chi connectivity index (χ1v) is 10.5. The fraction of sp³-hybridized carbons (Fsp3) is 0.375. The summed E-state index contributed by atoms with van der Waals surface area (Å²) >= 11 is 0. The van der Waals surface area contributed by atoms with Gasteiger partial charge in [0, 0.05) is 24.7 Å². The number of carbonyl (C=O) groups is 3. The summed E-state index contributed by atoms with van der Waals surface area (Å²) in [5.74, 6) is -1.32. The molecule has 0 radical (unpaired) electrons. The summed E-state index contributed by atoms with van der Waals surface area (Å²) in [4.78, 5) is 38.5. The standard InChI is InChI=1S/C24H26N2O4/c27-22(25-20-12-10-18(11-13-20)17-6-2-1-3-7-17)16-30-24(29)19-14-23(28)26(15-19)21-8-4-5-9-21/h1-3,6-7,10-13,19,21H,4-5,8-9,14-16H2,(H,25,27)/t19-/m1/s1. The van der Waals surface area contributed by atoms with Crippen LogP contribution in [-0.4, -0.2) is 41.9 Å². The van der Waals surface area contributed by atoms with Crippen LogP contribution < -0.4 is 5.32 Å². The summed E-state index contributed by atoms with van der Waals surface area (Å²) in [5.41, 5.74) is 2.79. The van der Waals surface area contributed by atoms with Crippen LogP contribution in [0, 0.1) is 5.92 Å². The highest BCUT2D eigenvalue weighted by Gasteiger charge is 2.39. The summed E-state index contributed by atoms with van der Waals surface area (Å²) < 4.78 is 5.18. The maximum atomic E-state index is 12.3. The number of benzene rings is 2. The van der Waals surface area contributed by atoms with Gasteiger partial charge in [-0.2, -0.15) is 0 Å². The molecule has 6 nitrogen and oxygen atoms in total. The fourth-order valence-electron chi connectivity index (χ4n) is 4.29. The van der Waals surface area contributed by atoms with Crippen LogP contribution in [0.5, 0.6) is 0 Å². The van der Waals surface area contributed by atoms with Gasteiger partial charge in [0.2, 0.25) is 5.91 Å². The molecule has 2 aromatic rings. The first-order valence-electron chi connectivity index (χ1n) is 10.5. The number of anilines is 1.